The minimum absolute atomic E-state index is 0.109. The van der Waals surface area contributed by atoms with Gasteiger partial charge in [0.1, 0.15) is 5.69 Å². The summed E-state index contributed by atoms with van der Waals surface area (Å²) in [5, 5.41) is 2.48. The number of halogens is 2. The van der Waals surface area contributed by atoms with Crippen molar-refractivity contribution in [2.24, 2.45) is 0 Å². The van der Waals surface area contributed by atoms with E-state index in [2.05, 4.69) is 15.3 Å². The molecular weight excluding hydrogens is 326 g/mol. The summed E-state index contributed by atoms with van der Waals surface area (Å²) in [6.45, 7) is 0. The summed E-state index contributed by atoms with van der Waals surface area (Å²) in [4.78, 5) is 22.4. The zero-order valence-electron chi connectivity index (χ0n) is 13.3. The smallest absolute Gasteiger partial charge is 0.274 e. The number of nitrogens with one attached hydrogen (secondary N) is 1. The number of benzene rings is 2. The third kappa shape index (κ3) is 3.77. The van der Waals surface area contributed by atoms with Gasteiger partial charge in [0.25, 0.3) is 5.91 Å². The summed E-state index contributed by atoms with van der Waals surface area (Å²) in [6.07, 6.45) is 1.46. The molecule has 0 unspecified atom stereocenters. The lowest BCUT2D eigenvalue weighted by Gasteiger charge is -2.17. The van der Waals surface area contributed by atoms with Crippen LogP contribution >= 0.6 is 0 Å². The highest BCUT2D eigenvalue weighted by Gasteiger charge is 2.13. The fourth-order valence-corrected chi connectivity index (χ4v) is 2.17. The van der Waals surface area contributed by atoms with Crippen molar-refractivity contribution in [1.29, 1.82) is 0 Å². The van der Waals surface area contributed by atoms with Crippen LogP contribution < -0.4 is 10.2 Å². The summed E-state index contributed by atoms with van der Waals surface area (Å²) >= 11 is 0. The lowest BCUT2D eigenvalue weighted by molar-refractivity contribution is 0.102. The predicted molar refractivity (Wildman–Crippen MR) is 90.8 cm³/mol. The van der Waals surface area contributed by atoms with Crippen LogP contribution in [0.25, 0.3) is 0 Å². The van der Waals surface area contributed by atoms with E-state index in [1.54, 1.807) is 11.9 Å². The minimum Gasteiger partial charge on any atom is -0.321 e. The van der Waals surface area contributed by atoms with Crippen LogP contribution in [0.3, 0.4) is 0 Å². The molecule has 2 aromatic carbocycles. The van der Waals surface area contributed by atoms with Crippen LogP contribution in [0.15, 0.2) is 60.8 Å². The van der Waals surface area contributed by atoms with E-state index in [0.717, 1.165) is 17.8 Å². The molecule has 1 amide bonds. The van der Waals surface area contributed by atoms with Crippen molar-refractivity contribution in [2.75, 3.05) is 17.3 Å². The van der Waals surface area contributed by atoms with Crippen molar-refractivity contribution in [3.8, 4) is 0 Å². The Morgan fingerprint density at radius 1 is 1.04 bits per heavy atom. The fourth-order valence-electron chi connectivity index (χ4n) is 2.17. The molecule has 1 aromatic heterocycles. The first-order valence-electron chi connectivity index (χ1n) is 7.43. The van der Waals surface area contributed by atoms with Gasteiger partial charge >= 0.3 is 0 Å². The second-order valence-corrected chi connectivity index (χ2v) is 5.22. The van der Waals surface area contributed by atoms with Crippen LogP contribution in [-0.2, 0) is 0 Å². The Hall–Kier alpha value is -3.35. The van der Waals surface area contributed by atoms with Crippen molar-refractivity contribution < 1.29 is 13.6 Å². The second kappa shape index (κ2) is 7.04. The third-order valence-corrected chi connectivity index (χ3v) is 3.50. The maximum Gasteiger partial charge on any atom is 0.274 e. The van der Waals surface area contributed by atoms with Crippen molar-refractivity contribution >= 4 is 23.2 Å². The van der Waals surface area contributed by atoms with Crippen molar-refractivity contribution in [3.05, 3.63) is 78.1 Å². The van der Waals surface area contributed by atoms with Crippen molar-refractivity contribution in [2.45, 2.75) is 0 Å². The lowest BCUT2D eigenvalue weighted by atomic mass is 10.3. The third-order valence-electron chi connectivity index (χ3n) is 3.50. The number of para-hydroxylation sites is 1. The van der Waals surface area contributed by atoms with Gasteiger partial charge in [-0.3, -0.25) is 4.79 Å². The van der Waals surface area contributed by atoms with E-state index in [4.69, 9.17) is 0 Å². The van der Waals surface area contributed by atoms with Crippen LogP contribution in [0.5, 0.6) is 0 Å². The Balaban J connectivity index is 1.81. The van der Waals surface area contributed by atoms with Crippen LogP contribution in [0.2, 0.25) is 0 Å². The van der Waals surface area contributed by atoms with E-state index in [1.807, 2.05) is 30.3 Å². The van der Waals surface area contributed by atoms with E-state index in [-0.39, 0.29) is 11.4 Å². The standard InChI is InChI=1S/C18H14F2N4O/c1-24(13-5-3-2-4-6-13)18-21-10-9-16(23-18)17(25)22-12-7-8-14(19)15(20)11-12/h2-11H,1H3,(H,22,25). The largest absolute Gasteiger partial charge is 0.321 e. The molecule has 7 heteroatoms. The first-order valence-corrected chi connectivity index (χ1v) is 7.43. The van der Waals surface area contributed by atoms with E-state index in [0.29, 0.717) is 5.95 Å². The quantitative estimate of drug-likeness (QED) is 0.785. The molecule has 5 nitrogen and oxygen atoms in total. The summed E-state index contributed by atoms with van der Waals surface area (Å²) < 4.78 is 26.2. The highest BCUT2D eigenvalue weighted by Crippen LogP contribution is 2.19. The van der Waals surface area contributed by atoms with Crippen LogP contribution in [0.1, 0.15) is 10.5 Å². The molecule has 0 aliphatic rings. The number of hydrogen-bond donors (Lipinski definition) is 1. The Morgan fingerprint density at radius 2 is 1.80 bits per heavy atom. The molecule has 1 heterocycles. The molecule has 0 bridgehead atoms. The van der Waals surface area contributed by atoms with Gasteiger partial charge < -0.3 is 10.2 Å². The molecule has 0 fully saturated rings. The maximum absolute atomic E-state index is 13.2. The number of aromatic nitrogens is 2. The van der Waals surface area contributed by atoms with E-state index >= 15 is 0 Å². The molecule has 126 valence electrons. The van der Waals surface area contributed by atoms with Crippen molar-refractivity contribution in [3.63, 3.8) is 0 Å². The summed E-state index contributed by atoms with van der Waals surface area (Å²) in [7, 11) is 1.78. The average Bonchev–Trinajstić information content (AvgIpc) is 2.65. The fraction of sp³-hybridized carbons (Fsp3) is 0.0556. The van der Waals surface area contributed by atoms with Gasteiger partial charge in [-0.2, -0.15) is 0 Å². The SMILES string of the molecule is CN(c1ccccc1)c1nccc(C(=O)Nc2ccc(F)c(F)c2)n1. The summed E-state index contributed by atoms with van der Waals surface area (Å²) in [5.41, 5.74) is 1.11. The number of carbonyl (C=O) groups excluding carboxylic acids is 1. The molecule has 3 rings (SSSR count). The van der Waals surface area contributed by atoms with Crippen LogP contribution in [0.4, 0.5) is 26.1 Å². The van der Waals surface area contributed by atoms with E-state index in [1.165, 1.54) is 18.3 Å². The molecule has 0 saturated carbocycles. The Bertz CT molecular complexity index is 903. The first kappa shape index (κ1) is 16.5. The van der Waals surface area contributed by atoms with Gasteiger partial charge in [-0.1, -0.05) is 18.2 Å². The molecular formula is C18H14F2N4O. The molecule has 0 radical (unpaired) electrons. The predicted octanol–water partition coefficient (Wildman–Crippen LogP) is 3.78. The molecule has 0 aliphatic heterocycles. The van der Waals surface area contributed by atoms with Crippen molar-refractivity contribution in [1.82, 2.24) is 9.97 Å². The van der Waals surface area contributed by atoms with Gasteiger partial charge in [-0.25, -0.2) is 18.7 Å². The number of rotatable bonds is 4. The van der Waals surface area contributed by atoms with Gasteiger partial charge in [0.05, 0.1) is 0 Å². The highest BCUT2D eigenvalue weighted by molar-refractivity contribution is 6.03. The molecule has 3 aromatic rings. The van der Waals surface area contributed by atoms with Crippen LogP contribution in [-0.4, -0.2) is 22.9 Å². The number of hydrogen-bond acceptors (Lipinski definition) is 4. The zero-order chi connectivity index (χ0) is 17.8. The highest BCUT2D eigenvalue weighted by atomic mass is 19.2. The Labute approximate surface area is 143 Å². The van der Waals surface area contributed by atoms with Gasteiger partial charge in [0.15, 0.2) is 11.6 Å². The molecule has 0 spiro atoms. The minimum atomic E-state index is -1.04. The number of carbonyl (C=O) groups is 1. The molecule has 0 atom stereocenters. The number of amides is 1. The second-order valence-electron chi connectivity index (χ2n) is 5.22. The summed E-state index contributed by atoms with van der Waals surface area (Å²) in [5.74, 6) is -2.22. The zero-order valence-corrected chi connectivity index (χ0v) is 13.3. The van der Waals surface area contributed by atoms with Gasteiger partial charge in [0, 0.05) is 30.7 Å². The number of anilines is 3. The Morgan fingerprint density at radius 3 is 2.52 bits per heavy atom. The average molecular weight is 340 g/mol. The molecule has 25 heavy (non-hydrogen) atoms. The first-order chi connectivity index (χ1) is 12.0. The maximum atomic E-state index is 13.2. The normalized spacial score (nSPS) is 10.4. The molecule has 0 saturated heterocycles. The van der Waals surface area contributed by atoms with Crippen LogP contribution in [0, 0.1) is 11.6 Å². The van der Waals surface area contributed by atoms with Gasteiger partial charge in [-0.05, 0) is 30.3 Å². The Kier molecular flexibility index (Phi) is 4.65. The lowest BCUT2D eigenvalue weighted by Crippen LogP contribution is -2.18. The summed E-state index contributed by atoms with van der Waals surface area (Å²) in [6, 6.07) is 14.0. The monoisotopic (exact) mass is 340 g/mol. The van der Waals surface area contributed by atoms with Gasteiger partial charge in [0.2, 0.25) is 5.95 Å². The van der Waals surface area contributed by atoms with E-state index in [9.17, 15) is 13.6 Å². The topological polar surface area (TPSA) is 58.1 Å². The van der Waals surface area contributed by atoms with E-state index < -0.39 is 17.5 Å². The molecule has 0 aliphatic carbocycles. The number of nitrogens with zero attached hydrogens (tertiary/aromatic N) is 3. The van der Waals surface area contributed by atoms with Gasteiger partial charge in [-0.15, -0.1) is 0 Å². The molecule has 1 N–H and O–H groups in total.